The van der Waals surface area contributed by atoms with Crippen LogP contribution in [-0.4, -0.2) is 55.0 Å². The highest BCUT2D eigenvalue weighted by atomic mass is 16.5. The molecule has 1 saturated carbocycles. The molecule has 2 heterocycles. The number of carbonyl (C=O) groups is 3. The van der Waals surface area contributed by atoms with Crippen LogP contribution in [-0.2, 0) is 14.3 Å². The van der Waals surface area contributed by atoms with Gasteiger partial charge in [0.05, 0.1) is 19.6 Å². The molecule has 2 aromatic rings. The molecule has 1 aliphatic carbocycles. The lowest BCUT2D eigenvalue weighted by molar-refractivity contribution is -0.148. The molecule has 0 radical (unpaired) electrons. The van der Waals surface area contributed by atoms with E-state index in [9.17, 15) is 14.4 Å². The first-order valence-corrected chi connectivity index (χ1v) is 11.9. The molecule has 0 N–H and O–H groups in total. The van der Waals surface area contributed by atoms with Crippen LogP contribution in [0.5, 0.6) is 5.75 Å². The number of para-hydroxylation sites is 1. The summed E-state index contributed by atoms with van der Waals surface area (Å²) < 4.78 is 10.7. The van der Waals surface area contributed by atoms with Crippen LogP contribution in [0.3, 0.4) is 0 Å². The number of hydrogen-bond donors (Lipinski definition) is 0. The Morgan fingerprint density at radius 1 is 1.12 bits per heavy atom. The lowest BCUT2D eigenvalue weighted by atomic mass is 9.72. The van der Waals surface area contributed by atoms with Crippen molar-refractivity contribution in [2.75, 3.05) is 31.7 Å². The van der Waals surface area contributed by atoms with Crippen LogP contribution < -0.4 is 9.64 Å². The molecule has 0 aromatic heterocycles. The van der Waals surface area contributed by atoms with Gasteiger partial charge >= 0.3 is 5.97 Å². The fraction of sp³-hybridized carbons (Fsp3) is 0.444. The number of anilines is 1. The molecule has 7 nitrogen and oxygen atoms in total. The van der Waals surface area contributed by atoms with Crippen molar-refractivity contribution in [2.24, 2.45) is 11.8 Å². The normalized spacial score (nSPS) is 25.6. The SMILES string of the molecule is CCOC(=O)[C@H]1CN(C(=O)c2cccc(OC)c2)[C@]2(C)C(=O)N(CC3CC3)c3ccccc3[C@H]12. The molecule has 3 aliphatic rings. The summed E-state index contributed by atoms with van der Waals surface area (Å²) in [5, 5.41) is 0. The molecule has 0 bridgehead atoms. The Morgan fingerprint density at radius 2 is 1.88 bits per heavy atom. The number of amides is 2. The molecule has 7 heteroatoms. The van der Waals surface area contributed by atoms with E-state index in [2.05, 4.69) is 0 Å². The average Bonchev–Trinajstić information content (AvgIpc) is 3.62. The van der Waals surface area contributed by atoms with E-state index < -0.39 is 17.4 Å². The first-order chi connectivity index (χ1) is 16.4. The molecule has 3 atom stereocenters. The van der Waals surface area contributed by atoms with E-state index in [1.54, 1.807) is 43.2 Å². The molecule has 2 fully saturated rings. The van der Waals surface area contributed by atoms with Gasteiger partial charge in [0.25, 0.3) is 11.8 Å². The highest BCUT2D eigenvalue weighted by molar-refractivity contribution is 6.09. The van der Waals surface area contributed by atoms with Crippen molar-refractivity contribution in [2.45, 2.75) is 38.1 Å². The Morgan fingerprint density at radius 3 is 2.59 bits per heavy atom. The zero-order chi connectivity index (χ0) is 24.0. The van der Waals surface area contributed by atoms with E-state index in [-0.39, 0.29) is 30.9 Å². The standard InChI is InChI=1S/C27H30N2O5/c1-4-34-25(31)21-16-29(24(30)18-8-7-9-19(14-18)33-3)27(2)23(21)20-10-5-6-11-22(20)28(26(27)32)15-17-12-13-17/h5-11,14,17,21,23H,4,12-13,15-16H2,1-3H3/t21-,23+,27-/m0/s1. The van der Waals surface area contributed by atoms with Gasteiger partial charge in [0.1, 0.15) is 11.3 Å². The van der Waals surface area contributed by atoms with Gasteiger partial charge in [0.2, 0.25) is 0 Å². The third-order valence-electron chi connectivity index (χ3n) is 7.48. The predicted molar refractivity (Wildman–Crippen MR) is 127 cm³/mol. The summed E-state index contributed by atoms with van der Waals surface area (Å²) in [6, 6.07) is 14.7. The van der Waals surface area contributed by atoms with E-state index in [0.29, 0.717) is 23.8 Å². The number of benzene rings is 2. The van der Waals surface area contributed by atoms with Gasteiger partial charge in [-0.15, -0.1) is 0 Å². The largest absolute Gasteiger partial charge is 0.497 e. The number of ether oxygens (including phenoxy) is 2. The third kappa shape index (κ3) is 3.45. The summed E-state index contributed by atoms with van der Waals surface area (Å²) in [5.74, 6) is -0.888. The summed E-state index contributed by atoms with van der Waals surface area (Å²) >= 11 is 0. The van der Waals surface area contributed by atoms with E-state index in [0.717, 1.165) is 24.1 Å². The minimum Gasteiger partial charge on any atom is -0.497 e. The van der Waals surface area contributed by atoms with Gasteiger partial charge in [0, 0.05) is 30.3 Å². The van der Waals surface area contributed by atoms with Crippen molar-refractivity contribution in [3.8, 4) is 5.75 Å². The number of likely N-dealkylation sites (tertiary alicyclic amines) is 1. The van der Waals surface area contributed by atoms with Crippen LogP contribution in [0.4, 0.5) is 5.69 Å². The number of rotatable bonds is 6. The average molecular weight is 463 g/mol. The second kappa shape index (κ2) is 8.46. The van der Waals surface area contributed by atoms with Crippen LogP contribution in [0.1, 0.15) is 48.5 Å². The molecule has 178 valence electrons. The summed E-state index contributed by atoms with van der Waals surface area (Å²) in [5.41, 5.74) is 0.973. The molecular formula is C27H30N2O5. The first kappa shape index (κ1) is 22.4. The van der Waals surface area contributed by atoms with E-state index in [1.807, 2.05) is 36.1 Å². The third-order valence-corrected chi connectivity index (χ3v) is 7.48. The van der Waals surface area contributed by atoms with E-state index >= 15 is 0 Å². The molecule has 5 rings (SSSR count). The lowest BCUT2D eigenvalue weighted by Crippen LogP contribution is -2.62. The summed E-state index contributed by atoms with van der Waals surface area (Å²) in [6.07, 6.45) is 2.20. The number of fused-ring (bicyclic) bond motifs is 3. The van der Waals surface area contributed by atoms with Gasteiger partial charge in [-0.2, -0.15) is 0 Å². The zero-order valence-electron chi connectivity index (χ0n) is 19.8. The van der Waals surface area contributed by atoms with E-state index in [4.69, 9.17) is 9.47 Å². The Kier molecular flexibility index (Phi) is 5.58. The Labute approximate surface area is 199 Å². The summed E-state index contributed by atoms with van der Waals surface area (Å²) in [7, 11) is 1.55. The van der Waals surface area contributed by atoms with Crippen molar-refractivity contribution in [1.82, 2.24) is 4.90 Å². The zero-order valence-corrected chi connectivity index (χ0v) is 19.8. The molecule has 0 spiro atoms. The van der Waals surface area contributed by atoms with Crippen molar-refractivity contribution in [3.05, 3.63) is 59.7 Å². The lowest BCUT2D eigenvalue weighted by Gasteiger charge is -2.46. The smallest absolute Gasteiger partial charge is 0.311 e. The molecular weight excluding hydrogens is 432 g/mol. The molecule has 2 aliphatic heterocycles. The number of hydrogen-bond acceptors (Lipinski definition) is 5. The van der Waals surface area contributed by atoms with Crippen LogP contribution in [0.15, 0.2) is 48.5 Å². The topological polar surface area (TPSA) is 76.1 Å². The van der Waals surface area contributed by atoms with Gasteiger partial charge in [-0.25, -0.2) is 0 Å². The predicted octanol–water partition coefficient (Wildman–Crippen LogP) is 3.63. The molecule has 0 unspecified atom stereocenters. The maximum Gasteiger partial charge on any atom is 0.311 e. The summed E-state index contributed by atoms with van der Waals surface area (Å²) in [4.78, 5) is 44.6. The van der Waals surface area contributed by atoms with Gasteiger partial charge < -0.3 is 19.3 Å². The number of nitrogens with zero attached hydrogens (tertiary/aromatic N) is 2. The monoisotopic (exact) mass is 462 g/mol. The Hall–Kier alpha value is -3.35. The van der Waals surface area contributed by atoms with Crippen molar-refractivity contribution in [3.63, 3.8) is 0 Å². The maximum atomic E-state index is 14.2. The highest BCUT2D eigenvalue weighted by Crippen LogP contribution is 2.54. The number of esters is 1. The Balaban J connectivity index is 1.64. The second-order valence-electron chi connectivity index (χ2n) is 9.55. The van der Waals surface area contributed by atoms with Gasteiger partial charge in [-0.1, -0.05) is 24.3 Å². The fourth-order valence-electron chi connectivity index (χ4n) is 5.60. The highest BCUT2D eigenvalue weighted by Gasteiger charge is 2.64. The minimum absolute atomic E-state index is 0.118. The quantitative estimate of drug-likeness (QED) is 0.613. The Bertz CT molecular complexity index is 1140. The number of methoxy groups -OCH3 is 1. The van der Waals surface area contributed by atoms with E-state index in [1.165, 1.54) is 0 Å². The molecule has 34 heavy (non-hydrogen) atoms. The van der Waals surface area contributed by atoms with Crippen LogP contribution in [0, 0.1) is 11.8 Å². The van der Waals surface area contributed by atoms with Gasteiger partial charge in [-0.3, -0.25) is 14.4 Å². The fourth-order valence-corrected chi connectivity index (χ4v) is 5.60. The van der Waals surface area contributed by atoms with Crippen LogP contribution >= 0.6 is 0 Å². The molecule has 2 amide bonds. The van der Waals surface area contributed by atoms with Crippen molar-refractivity contribution < 1.29 is 23.9 Å². The molecule has 1 saturated heterocycles. The van der Waals surface area contributed by atoms with Crippen molar-refractivity contribution in [1.29, 1.82) is 0 Å². The molecule has 2 aromatic carbocycles. The number of carbonyl (C=O) groups excluding carboxylic acids is 3. The first-order valence-electron chi connectivity index (χ1n) is 11.9. The van der Waals surface area contributed by atoms with Crippen molar-refractivity contribution >= 4 is 23.5 Å². The minimum atomic E-state index is -1.21. The summed E-state index contributed by atoms with van der Waals surface area (Å²) in [6.45, 7) is 4.57. The van der Waals surface area contributed by atoms with Gasteiger partial charge in [0.15, 0.2) is 0 Å². The van der Waals surface area contributed by atoms with Crippen LogP contribution in [0.2, 0.25) is 0 Å². The van der Waals surface area contributed by atoms with Gasteiger partial charge in [-0.05, 0) is 62.4 Å². The maximum absolute atomic E-state index is 14.2. The second-order valence-corrected chi connectivity index (χ2v) is 9.55. The van der Waals surface area contributed by atoms with Crippen LogP contribution in [0.25, 0.3) is 0 Å².